The molecule has 1 aromatic carbocycles. The van der Waals surface area contributed by atoms with Gasteiger partial charge in [-0.2, -0.15) is 5.10 Å². The Morgan fingerprint density at radius 1 is 1.32 bits per heavy atom. The molecule has 0 aliphatic carbocycles. The van der Waals surface area contributed by atoms with Crippen molar-refractivity contribution in [1.29, 1.82) is 0 Å². The number of benzene rings is 1. The lowest BCUT2D eigenvalue weighted by atomic mass is 10.2. The Balaban J connectivity index is 1.86. The van der Waals surface area contributed by atoms with Gasteiger partial charge in [-0.3, -0.25) is 0 Å². The number of nitrogens with one attached hydrogen (secondary N) is 1. The van der Waals surface area contributed by atoms with E-state index in [0.29, 0.717) is 6.42 Å². The molecule has 0 spiro atoms. The van der Waals surface area contributed by atoms with Crippen LogP contribution < -0.4 is 5.32 Å². The normalized spacial score (nSPS) is 21.4. The molecule has 3 rings (SSSR count). The van der Waals surface area contributed by atoms with E-state index in [2.05, 4.69) is 15.4 Å². The second-order valence-corrected chi connectivity index (χ2v) is 6.83. The molecule has 0 amide bonds. The van der Waals surface area contributed by atoms with Crippen LogP contribution in [-0.2, 0) is 9.84 Å². The van der Waals surface area contributed by atoms with Gasteiger partial charge >= 0.3 is 0 Å². The van der Waals surface area contributed by atoms with Crippen LogP contribution in [0.2, 0.25) is 0 Å². The summed E-state index contributed by atoms with van der Waals surface area (Å²) in [4.78, 5) is 3.92. The number of sulfone groups is 1. The minimum atomic E-state index is -2.88. The number of hydrogen-bond donors (Lipinski definition) is 1. The topological polar surface area (TPSA) is 76.9 Å². The van der Waals surface area contributed by atoms with Crippen molar-refractivity contribution >= 4 is 15.5 Å². The van der Waals surface area contributed by atoms with Crippen molar-refractivity contribution in [3.63, 3.8) is 0 Å². The molecule has 0 bridgehead atoms. The van der Waals surface area contributed by atoms with E-state index < -0.39 is 9.84 Å². The standard InChI is InChI=1S/C12H14N4O2S/c17-19(18)6-5-10(7-19)15-11-3-1-2-4-12(11)16-9-13-8-14-16/h1-4,8-10,15H,5-7H2. The number of para-hydroxylation sites is 2. The predicted octanol–water partition coefficient (Wildman–Crippen LogP) is 0.866. The first-order valence-electron chi connectivity index (χ1n) is 6.05. The molecule has 1 N–H and O–H groups in total. The van der Waals surface area contributed by atoms with E-state index in [1.165, 1.54) is 6.33 Å². The van der Waals surface area contributed by atoms with Gasteiger partial charge in [0, 0.05) is 6.04 Å². The molecule has 1 atom stereocenters. The van der Waals surface area contributed by atoms with Crippen LogP contribution in [-0.4, -0.2) is 40.7 Å². The fourth-order valence-electron chi connectivity index (χ4n) is 2.26. The largest absolute Gasteiger partial charge is 0.380 e. The van der Waals surface area contributed by atoms with Crippen molar-refractivity contribution < 1.29 is 8.42 Å². The predicted molar refractivity (Wildman–Crippen MR) is 72.0 cm³/mol. The molecule has 2 heterocycles. The average Bonchev–Trinajstić information content (AvgIpc) is 3.00. The van der Waals surface area contributed by atoms with Gasteiger partial charge in [0.05, 0.1) is 22.9 Å². The third-order valence-electron chi connectivity index (χ3n) is 3.16. The maximum atomic E-state index is 11.5. The van der Waals surface area contributed by atoms with Crippen molar-refractivity contribution in [2.45, 2.75) is 12.5 Å². The Morgan fingerprint density at radius 3 is 2.84 bits per heavy atom. The Hall–Kier alpha value is -1.89. The Morgan fingerprint density at radius 2 is 2.16 bits per heavy atom. The summed E-state index contributed by atoms with van der Waals surface area (Å²) in [5.74, 6) is 0.453. The lowest BCUT2D eigenvalue weighted by Crippen LogP contribution is -2.21. The summed E-state index contributed by atoms with van der Waals surface area (Å²) in [6, 6.07) is 7.62. The van der Waals surface area contributed by atoms with Gasteiger partial charge in [0.15, 0.2) is 9.84 Å². The SMILES string of the molecule is O=S1(=O)CCC(Nc2ccccc2-n2cncn2)C1. The van der Waals surface area contributed by atoms with E-state index in [1.54, 1.807) is 11.0 Å². The number of aromatic nitrogens is 3. The molecule has 19 heavy (non-hydrogen) atoms. The van der Waals surface area contributed by atoms with Crippen LogP contribution in [0.1, 0.15) is 6.42 Å². The summed E-state index contributed by atoms with van der Waals surface area (Å²) in [7, 11) is -2.88. The lowest BCUT2D eigenvalue weighted by molar-refractivity contribution is 0.602. The lowest BCUT2D eigenvalue weighted by Gasteiger charge is -2.15. The highest BCUT2D eigenvalue weighted by Crippen LogP contribution is 2.23. The molecule has 1 aliphatic heterocycles. The molecule has 6 nitrogen and oxygen atoms in total. The zero-order valence-electron chi connectivity index (χ0n) is 10.2. The van der Waals surface area contributed by atoms with E-state index in [0.717, 1.165) is 11.4 Å². The highest BCUT2D eigenvalue weighted by atomic mass is 32.2. The summed E-state index contributed by atoms with van der Waals surface area (Å²) >= 11 is 0. The van der Waals surface area contributed by atoms with Gasteiger partial charge < -0.3 is 5.32 Å². The first-order valence-corrected chi connectivity index (χ1v) is 7.87. The fourth-order valence-corrected chi connectivity index (χ4v) is 3.93. The molecule has 1 unspecified atom stereocenters. The smallest absolute Gasteiger partial charge is 0.152 e. The minimum absolute atomic E-state index is 0.0327. The molecular formula is C12H14N4O2S. The first kappa shape index (κ1) is 12.2. The third kappa shape index (κ3) is 2.60. The highest BCUT2D eigenvalue weighted by Gasteiger charge is 2.28. The van der Waals surface area contributed by atoms with Gasteiger partial charge in [0.25, 0.3) is 0 Å². The molecule has 1 saturated heterocycles. The van der Waals surface area contributed by atoms with Crippen LogP contribution in [0.15, 0.2) is 36.9 Å². The number of hydrogen-bond acceptors (Lipinski definition) is 5. The maximum Gasteiger partial charge on any atom is 0.152 e. The summed E-state index contributed by atoms with van der Waals surface area (Å²) in [5.41, 5.74) is 1.74. The summed E-state index contributed by atoms with van der Waals surface area (Å²) in [6.07, 6.45) is 3.73. The van der Waals surface area contributed by atoms with Crippen molar-refractivity contribution in [2.24, 2.45) is 0 Å². The Labute approximate surface area is 111 Å². The molecule has 1 aromatic heterocycles. The third-order valence-corrected chi connectivity index (χ3v) is 4.93. The van der Waals surface area contributed by atoms with Gasteiger partial charge in [-0.05, 0) is 18.6 Å². The summed E-state index contributed by atoms with van der Waals surface area (Å²) in [5, 5.41) is 7.38. The van der Waals surface area contributed by atoms with Crippen molar-refractivity contribution in [1.82, 2.24) is 14.8 Å². The minimum Gasteiger partial charge on any atom is -0.380 e. The molecule has 0 saturated carbocycles. The van der Waals surface area contributed by atoms with E-state index in [1.807, 2.05) is 24.3 Å². The first-order chi connectivity index (χ1) is 9.14. The van der Waals surface area contributed by atoms with E-state index in [4.69, 9.17) is 0 Å². The monoisotopic (exact) mass is 278 g/mol. The maximum absolute atomic E-state index is 11.5. The molecule has 0 radical (unpaired) electrons. The van der Waals surface area contributed by atoms with Crippen molar-refractivity contribution in [2.75, 3.05) is 16.8 Å². The molecule has 2 aromatic rings. The van der Waals surface area contributed by atoms with Crippen LogP contribution in [0.4, 0.5) is 5.69 Å². The molecule has 7 heteroatoms. The van der Waals surface area contributed by atoms with Crippen LogP contribution in [0.25, 0.3) is 5.69 Å². The second kappa shape index (κ2) is 4.65. The van der Waals surface area contributed by atoms with Gasteiger partial charge in [-0.15, -0.1) is 0 Å². The molecule has 100 valence electrons. The van der Waals surface area contributed by atoms with E-state index in [9.17, 15) is 8.42 Å². The van der Waals surface area contributed by atoms with Gasteiger partial charge in [-0.1, -0.05) is 12.1 Å². The van der Waals surface area contributed by atoms with Crippen LogP contribution >= 0.6 is 0 Å². The Bertz CT molecular complexity index is 667. The van der Waals surface area contributed by atoms with Crippen molar-refractivity contribution in [3.8, 4) is 5.69 Å². The number of anilines is 1. The average molecular weight is 278 g/mol. The zero-order valence-corrected chi connectivity index (χ0v) is 11.0. The van der Waals surface area contributed by atoms with Crippen LogP contribution in [0.3, 0.4) is 0 Å². The van der Waals surface area contributed by atoms with Crippen molar-refractivity contribution in [3.05, 3.63) is 36.9 Å². The van der Waals surface area contributed by atoms with Crippen LogP contribution in [0, 0.1) is 0 Å². The highest BCUT2D eigenvalue weighted by molar-refractivity contribution is 7.91. The number of rotatable bonds is 3. The second-order valence-electron chi connectivity index (χ2n) is 4.60. The molecule has 1 aliphatic rings. The summed E-state index contributed by atoms with van der Waals surface area (Å²) < 4.78 is 24.6. The van der Waals surface area contributed by atoms with E-state index >= 15 is 0 Å². The number of nitrogens with zero attached hydrogens (tertiary/aromatic N) is 3. The fraction of sp³-hybridized carbons (Fsp3) is 0.333. The van der Waals surface area contributed by atoms with Gasteiger partial charge in [-0.25, -0.2) is 18.1 Å². The molecular weight excluding hydrogens is 264 g/mol. The molecule has 1 fully saturated rings. The quantitative estimate of drug-likeness (QED) is 0.901. The zero-order chi connectivity index (χ0) is 13.3. The van der Waals surface area contributed by atoms with Crippen LogP contribution in [0.5, 0.6) is 0 Å². The van der Waals surface area contributed by atoms with Gasteiger partial charge in [0.2, 0.25) is 0 Å². The van der Waals surface area contributed by atoms with E-state index in [-0.39, 0.29) is 17.5 Å². The summed E-state index contributed by atoms with van der Waals surface area (Å²) in [6.45, 7) is 0. The van der Waals surface area contributed by atoms with Gasteiger partial charge in [0.1, 0.15) is 12.7 Å². The Kier molecular flexibility index (Phi) is 2.98.